The first-order valence-electron chi connectivity index (χ1n) is 8.67. The molecule has 1 unspecified atom stereocenters. The summed E-state index contributed by atoms with van der Waals surface area (Å²) in [4.78, 5) is 26.5. The van der Waals surface area contributed by atoms with Gasteiger partial charge in [-0.3, -0.25) is 14.5 Å². The van der Waals surface area contributed by atoms with Gasteiger partial charge < -0.3 is 16.4 Å². The quantitative estimate of drug-likeness (QED) is 0.679. The van der Waals surface area contributed by atoms with Crippen LogP contribution in [-0.2, 0) is 9.59 Å². The minimum absolute atomic E-state index is 0. The molecule has 0 aromatic heterocycles. The van der Waals surface area contributed by atoms with Gasteiger partial charge in [-0.25, -0.2) is 0 Å². The van der Waals surface area contributed by atoms with Crippen molar-refractivity contribution in [1.82, 2.24) is 10.2 Å². The van der Waals surface area contributed by atoms with Gasteiger partial charge in [-0.2, -0.15) is 0 Å². The van der Waals surface area contributed by atoms with E-state index in [9.17, 15) is 9.59 Å². The maximum absolute atomic E-state index is 12.4. The summed E-state index contributed by atoms with van der Waals surface area (Å²) in [5.41, 5.74) is 8.08. The molecule has 4 N–H and O–H groups in total. The first kappa shape index (κ1) is 22.7. The molecule has 2 amide bonds. The molecule has 1 fully saturated rings. The average Bonchev–Trinajstić information content (AvgIpc) is 2.56. The van der Waals surface area contributed by atoms with Gasteiger partial charge in [0.25, 0.3) is 0 Å². The molecular weight excluding hydrogens is 375 g/mol. The Morgan fingerprint density at radius 2 is 2.08 bits per heavy atom. The van der Waals surface area contributed by atoms with Gasteiger partial charge in [0.2, 0.25) is 11.8 Å². The molecule has 1 saturated heterocycles. The molecule has 0 radical (unpaired) electrons. The molecule has 0 aliphatic carbocycles. The van der Waals surface area contributed by atoms with E-state index in [2.05, 4.69) is 10.6 Å². The number of benzene rings is 1. The van der Waals surface area contributed by atoms with Gasteiger partial charge in [0.1, 0.15) is 0 Å². The van der Waals surface area contributed by atoms with E-state index in [1.807, 2.05) is 30.9 Å². The van der Waals surface area contributed by atoms with Crippen molar-refractivity contribution in [2.75, 3.05) is 38.0 Å². The standard InChI is InChI=1S/C18H27ClN4O2.ClH/c1-12-8-13(2)17(15(19)9-12)22-16(24)11-23-7-3-4-14(10-23)18(25)21-6-5-20;/h8-9,14H,3-7,10-11,20H2,1-2H3,(H,21,25)(H,22,24);1H. The number of nitrogens with zero attached hydrogens (tertiary/aromatic N) is 1. The lowest BCUT2D eigenvalue weighted by atomic mass is 9.97. The molecule has 0 saturated carbocycles. The van der Waals surface area contributed by atoms with Crippen molar-refractivity contribution in [3.8, 4) is 0 Å². The van der Waals surface area contributed by atoms with Crippen molar-refractivity contribution < 1.29 is 9.59 Å². The van der Waals surface area contributed by atoms with Crippen molar-refractivity contribution in [2.24, 2.45) is 11.7 Å². The zero-order valence-electron chi connectivity index (χ0n) is 15.3. The van der Waals surface area contributed by atoms with Crippen molar-refractivity contribution >= 4 is 41.5 Å². The highest BCUT2D eigenvalue weighted by Gasteiger charge is 2.26. The van der Waals surface area contributed by atoms with Gasteiger partial charge in [-0.1, -0.05) is 17.7 Å². The van der Waals surface area contributed by atoms with Crippen LogP contribution >= 0.6 is 24.0 Å². The van der Waals surface area contributed by atoms with Crippen LogP contribution in [0.15, 0.2) is 12.1 Å². The number of hydrogen-bond donors (Lipinski definition) is 3. The van der Waals surface area contributed by atoms with E-state index in [1.165, 1.54) is 0 Å². The number of amides is 2. The second-order valence-electron chi connectivity index (χ2n) is 6.64. The Bertz CT molecular complexity index is 617. The fourth-order valence-electron chi connectivity index (χ4n) is 3.21. The van der Waals surface area contributed by atoms with Gasteiger partial charge in [-0.05, 0) is 50.4 Å². The van der Waals surface area contributed by atoms with Gasteiger partial charge >= 0.3 is 0 Å². The Balaban J connectivity index is 0.00000338. The van der Waals surface area contributed by atoms with Crippen LogP contribution < -0.4 is 16.4 Å². The average molecular weight is 403 g/mol. The van der Waals surface area contributed by atoms with Crippen LogP contribution in [0.3, 0.4) is 0 Å². The number of carbonyl (C=O) groups excluding carboxylic acids is 2. The van der Waals surface area contributed by atoms with Crippen LogP contribution in [-0.4, -0.2) is 49.4 Å². The van der Waals surface area contributed by atoms with Crippen LogP contribution in [0.25, 0.3) is 0 Å². The highest BCUT2D eigenvalue weighted by molar-refractivity contribution is 6.34. The van der Waals surface area contributed by atoms with Gasteiger partial charge in [0.15, 0.2) is 0 Å². The molecule has 1 atom stereocenters. The number of halogens is 2. The third-order valence-corrected chi connectivity index (χ3v) is 4.68. The molecule has 1 aromatic rings. The lowest BCUT2D eigenvalue weighted by Gasteiger charge is -2.31. The molecule has 0 bridgehead atoms. The molecule has 8 heteroatoms. The topological polar surface area (TPSA) is 87.5 Å². The van der Waals surface area contributed by atoms with Crippen molar-refractivity contribution in [2.45, 2.75) is 26.7 Å². The molecule has 1 aliphatic rings. The van der Waals surface area contributed by atoms with Crippen molar-refractivity contribution in [3.05, 3.63) is 28.3 Å². The summed E-state index contributed by atoms with van der Waals surface area (Å²) < 4.78 is 0. The van der Waals surface area contributed by atoms with E-state index in [0.717, 1.165) is 30.5 Å². The van der Waals surface area contributed by atoms with Crippen LogP contribution in [0.1, 0.15) is 24.0 Å². The summed E-state index contributed by atoms with van der Waals surface area (Å²) in [6.07, 6.45) is 1.75. The molecule has 6 nitrogen and oxygen atoms in total. The van der Waals surface area contributed by atoms with Crippen LogP contribution in [0, 0.1) is 19.8 Å². The number of nitrogens with two attached hydrogens (primary N) is 1. The summed E-state index contributed by atoms with van der Waals surface area (Å²) in [6, 6.07) is 3.82. The van der Waals surface area contributed by atoms with E-state index in [4.69, 9.17) is 17.3 Å². The minimum atomic E-state index is -0.114. The van der Waals surface area contributed by atoms with Gasteiger partial charge in [0.05, 0.1) is 23.2 Å². The predicted molar refractivity (Wildman–Crippen MR) is 108 cm³/mol. The van der Waals surface area contributed by atoms with Gasteiger partial charge in [0, 0.05) is 19.6 Å². The summed E-state index contributed by atoms with van der Waals surface area (Å²) in [5, 5.41) is 6.27. The Labute approximate surface area is 166 Å². The number of nitrogens with one attached hydrogen (secondary N) is 2. The Morgan fingerprint density at radius 3 is 2.73 bits per heavy atom. The highest BCUT2D eigenvalue weighted by atomic mass is 35.5. The molecule has 146 valence electrons. The minimum Gasteiger partial charge on any atom is -0.355 e. The number of piperidine rings is 1. The maximum atomic E-state index is 12.4. The van der Waals surface area contributed by atoms with E-state index >= 15 is 0 Å². The first-order valence-corrected chi connectivity index (χ1v) is 9.05. The number of aryl methyl sites for hydroxylation is 2. The van der Waals surface area contributed by atoms with Crippen LogP contribution in [0.5, 0.6) is 0 Å². The molecular formula is C18H28Cl2N4O2. The zero-order chi connectivity index (χ0) is 18.4. The second-order valence-corrected chi connectivity index (χ2v) is 7.05. The summed E-state index contributed by atoms with van der Waals surface area (Å²) in [6.45, 7) is 6.47. The molecule has 1 aliphatic heterocycles. The van der Waals surface area contributed by atoms with Crippen LogP contribution in [0.2, 0.25) is 5.02 Å². The van der Waals surface area contributed by atoms with E-state index < -0.39 is 0 Å². The number of anilines is 1. The van der Waals surface area contributed by atoms with E-state index in [-0.39, 0.29) is 36.7 Å². The Hall–Kier alpha value is -1.34. The van der Waals surface area contributed by atoms with E-state index in [0.29, 0.717) is 30.3 Å². The van der Waals surface area contributed by atoms with Crippen LogP contribution in [0.4, 0.5) is 5.69 Å². The molecule has 1 heterocycles. The summed E-state index contributed by atoms with van der Waals surface area (Å²) >= 11 is 6.24. The number of likely N-dealkylation sites (tertiary alicyclic amines) is 1. The summed E-state index contributed by atoms with van der Waals surface area (Å²) in [5.74, 6) is -0.178. The predicted octanol–water partition coefficient (Wildman–Crippen LogP) is 2.10. The van der Waals surface area contributed by atoms with Crippen molar-refractivity contribution in [1.29, 1.82) is 0 Å². The fraction of sp³-hybridized carbons (Fsp3) is 0.556. The van der Waals surface area contributed by atoms with Crippen molar-refractivity contribution in [3.63, 3.8) is 0 Å². The first-order chi connectivity index (χ1) is 11.9. The normalized spacial score (nSPS) is 17.3. The van der Waals surface area contributed by atoms with E-state index in [1.54, 1.807) is 0 Å². The largest absolute Gasteiger partial charge is 0.355 e. The van der Waals surface area contributed by atoms with Gasteiger partial charge in [-0.15, -0.1) is 12.4 Å². The lowest BCUT2D eigenvalue weighted by molar-refractivity contribution is -0.127. The smallest absolute Gasteiger partial charge is 0.238 e. The third-order valence-electron chi connectivity index (χ3n) is 4.38. The third kappa shape index (κ3) is 6.43. The molecule has 0 spiro atoms. The number of carbonyl (C=O) groups is 2. The Kier molecular flexibility index (Phi) is 9.36. The fourth-order valence-corrected chi connectivity index (χ4v) is 3.58. The molecule has 26 heavy (non-hydrogen) atoms. The number of hydrogen-bond acceptors (Lipinski definition) is 4. The SMILES string of the molecule is Cc1cc(C)c(NC(=O)CN2CCCC(C(=O)NCCN)C2)c(Cl)c1.Cl. The maximum Gasteiger partial charge on any atom is 0.238 e. The monoisotopic (exact) mass is 402 g/mol. The second kappa shape index (κ2) is 10.7. The molecule has 1 aromatic carbocycles. The highest BCUT2D eigenvalue weighted by Crippen LogP contribution is 2.27. The zero-order valence-corrected chi connectivity index (χ0v) is 16.9. The lowest BCUT2D eigenvalue weighted by Crippen LogP contribution is -2.46. The Morgan fingerprint density at radius 1 is 1.35 bits per heavy atom. The number of rotatable bonds is 6. The molecule has 2 rings (SSSR count). The summed E-state index contributed by atoms with van der Waals surface area (Å²) in [7, 11) is 0.